The van der Waals surface area contributed by atoms with E-state index >= 15 is 0 Å². The third-order valence-corrected chi connectivity index (χ3v) is 5.17. The van der Waals surface area contributed by atoms with Crippen molar-refractivity contribution >= 4 is 34.0 Å². The molecule has 0 spiro atoms. The average Bonchev–Trinajstić information content (AvgIpc) is 2.86. The molecule has 124 valence electrons. The number of alkyl halides is 5. The maximum absolute atomic E-state index is 13.3. The molecule has 1 aromatic carbocycles. The minimum absolute atomic E-state index is 0.101. The van der Waals surface area contributed by atoms with Gasteiger partial charge in [0.1, 0.15) is 16.5 Å². The van der Waals surface area contributed by atoms with E-state index in [0.717, 1.165) is 10.9 Å². The van der Waals surface area contributed by atoms with Crippen LogP contribution in [-0.4, -0.2) is 19.2 Å². The zero-order chi connectivity index (χ0) is 17.2. The molecule has 0 bridgehead atoms. The predicted molar refractivity (Wildman–Crippen MR) is 73.6 cm³/mol. The summed E-state index contributed by atoms with van der Waals surface area (Å²) >= 11 is 11.6. The van der Waals surface area contributed by atoms with Gasteiger partial charge in [-0.1, -0.05) is 23.2 Å². The molecule has 1 atom stereocenters. The maximum Gasteiger partial charge on any atom is 0.416 e. The van der Waals surface area contributed by atoms with Crippen LogP contribution in [0.4, 0.5) is 22.0 Å². The molecule has 0 radical (unpaired) electrons. The molecule has 0 fully saturated rings. The van der Waals surface area contributed by atoms with Gasteiger partial charge in [-0.05, 0) is 12.1 Å². The molecular formula is C12H5Cl2F5N2OS. The standard InChI is InChI=1S/C12H5Cl2F5N2OS/c13-6-1-5(12(17,18)19)2-7(14)10(6)21-4-9-8(20-21)3-11(15,16)23(9)22/h1-2,4H,3H2. The van der Waals surface area contributed by atoms with Gasteiger partial charge in [0.15, 0.2) is 0 Å². The zero-order valence-corrected chi connectivity index (χ0v) is 13.1. The molecule has 2 heterocycles. The van der Waals surface area contributed by atoms with E-state index in [1.54, 1.807) is 0 Å². The fraction of sp³-hybridized carbons (Fsp3) is 0.250. The van der Waals surface area contributed by atoms with Crippen molar-refractivity contribution in [1.82, 2.24) is 9.78 Å². The second-order valence-corrected chi connectivity index (χ2v) is 7.14. The topological polar surface area (TPSA) is 34.9 Å². The van der Waals surface area contributed by atoms with Crippen molar-refractivity contribution in [2.45, 2.75) is 22.7 Å². The lowest BCUT2D eigenvalue weighted by atomic mass is 10.2. The Bertz CT molecular complexity index is 810. The highest BCUT2D eigenvalue weighted by molar-refractivity contribution is 7.86. The highest BCUT2D eigenvalue weighted by Crippen LogP contribution is 2.41. The van der Waals surface area contributed by atoms with Gasteiger partial charge in [0.05, 0.1) is 32.6 Å². The molecule has 1 aliphatic heterocycles. The molecule has 0 N–H and O–H groups in total. The Morgan fingerprint density at radius 1 is 1.22 bits per heavy atom. The van der Waals surface area contributed by atoms with Crippen LogP contribution in [0.5, 0.6) is 0 Å². The summed E-state index contributed by atoms with van der Waals surface area (Å²) in [5, 5.41) is -0.314. The molecule has 0 aliphatic carbocycles. The molecule has 2 aromatic rings. The number of hydrogen-bond donors (Lipinski definition) is 0. The van der Waals surface area contributed by atoms with E-state index in [2.05, 4.69) is 5.10 Å². The first-order valence-corrected chi connectivity index (χ1v) is 7.86. The van der Waals surface area contributed by atoms with Crippen LogP contribution < -0.4 is 0 Å². The van der Waals surface area contributed by atoms with E-state index in [-0.39, 0.29) is 26.3 Å². The Labute approximate surface area is 138 Å². The van der Waals surface area contributed by atoms with Crippen LogP contribution in [-0.2, 0) is 23.4 Å². The number of rotatable bonds is 1. The van der Waals surface area contributed by atoms with E-state index in [9.17, 15) is 26.2 Å². The zero-order valence-electron chi connectivity index (χ0n) is 10.8. The van der Waals surface area contributed by atoms with Crippen molar-refractivity contribution in [3.8, 4) is 5.69 Å². The highest BCUT2D eigenvalue weighted by Gasteiger charge is 2.48. The molecule has 1 aromatic heterocycles. The Morgan fingerprint density at radius 2 is 1.78 bits per heavy atom. The second kappa shape index (κ2) is 5.15. The highest BCUT2D eigenvalue weighted by atomic mass is 35.5. The first kappa shape index (κ1) is 16.7. The average molecular weight is 391 g/mol. The van der Waals surface area contributed by atoms with Crippen LogP contribution in [0.2, 0.25) is 10.0 Å². The predicted octanol–water partition coefficient (Wildman–Crippen LogP) is 4.45. The van der Waals surface area contributed by atoms with E-state index in [1.807, 2.05) is 0 Å². The number of benzene rings is 1. The van der Waals surface area contributed by atoms with Gasteiger partial charge in [-0.2, -0.15) is 27.1 Å². The fourth-order valence-electron chi connectivity index (χ4n) is 2.16. The molecule has 0 saturated heterocycles. The van der Waals surface area contributed by atoms with Gasteiger partial charge in [-0.25, -0.2) is 8.89 Å². The van der Waals surface area contributed by atoms with Gasteiger partial charge < -0.3 is 0 Å². The maximum atomic E-state index is 13.3. The Kier molecular flexibility index (Phi) is 3.73. The molecule has 3 rings (SSSR count). The van der Waals surface area contributed by atoms with Crippen LogP contribution in [0.15, 0.2) is 23.2 Å². The van der Waals surface area contributed by atoms with E-state index in [1.165, 1.54) is 0 Å². The van der Waals surface area contributed by atoms with Gasteiger partial charge >= 0.3 is 11.4 Å². The lowest BCUT2D eigenvalue weighted by Crippen LogP contribution is -2.19. The van der Waals surface area contributed by atoms with Crippen molar-refractivity contribution in [1.29, 1.82) is 0 Å². The summed E-state index contributed by atoms with van der Waals surface area (Å²) in [6, 6.07) is 1.31. The number of nitrogens with zero attached hydrogens (tertiary/aromatic N) is 2. The number of halogens is 7. The largest absolute Gasteiger partial charge is 0.416 e. The van der Waals surface area contributed by atoms with Crippen LogP contribution in [0.3, 0.4) is 0 Å². The summed E-state index contributed by atoms with van der Waals surface area (Å²) in [6.07, 6.45) is -4.42. The summed E-state index contributed by atoms with van der Waals surface area (Å²) in [5.41, 5.74) is -1.26. The number of fused-ring (bicyclic) bond motifs is 1. The van der Waals surface area contributed by atoms with Crippen LogP contribution in [0, 0.1) is 0 Å². The second-order valence-electron chi connectivity index (χ2n) is 4.75. The summed E-state index contributed by atoms with van der Waals surface area (Å²) in [6.45, 7) is 0. The summed E-state index contributed by atoms with van der Waals surface area (Å²) < 4.78 is 77.3. The van der Waals surface area contributed by atoms with Gasteiger partial charge in [0.25, 0.3) is 0 Å². The molecule has 3 nitrogen and oxygen atoms in total. The van der Waals surface area contributed by atoms with Crippen LogP contribution >= 0.6 is 23.2 Å². The first-order chi connectivity index (χ1) is 10.5. The smallest absolute Gasteiger partial charge is 0.248 e. The van der Waals surface area contributed by atoms with Crippen molar-refractivity contribution in [2.24, 2.45) is 0 Å². The van der Waals surface area contributed by atoms with Gasteiger partial charge in [0.2, 0.25) is 0 Å². The summed E-state index contributed by atoms with van der Waals surface area (Å²) in [5.74, 6) is 0. The third kappa shape index (κ3) is 2.74. The lowest BCUT2D eigenvalue weighted by Gasteiger charge is -2.13. The minimum atomic E-state index is -4.64. The fourth-order valence-corrected chi connectivity index (χ4v) is 3.93. The minimum Gasteiger partial charge on any atom is -0.248 e. The number of aromatic nitrogens is 2. The molecule has 0 saturated carbocycles. The molecule has 23 heavy (non-hydrogen) atoms. The van der Waals surface area contributed by atoms with Gasteiger partial charge in [-0.15, -0.1) is 0 Å². The molecule has 0 amide bonds. The summed E-state index contributed by atoms with van der Waals surface area (Å²) in [7, 11) is -2.58. The van der Waals surface area contributed by atoms with E-state index in [4.69, 9.17) is 23.2 Å². The van der Waals surface area contributed by atoms with Crippen LogP contribution in [0.25, 0.3) is 5.69 Å². The Hall–Kier alpha value is -1.19. The van der Waals surface area contributed by atoms with Crippen molar-refractivity contribution in [2.75, 3.05) is 0 Å². The van der Waals surface area contributed by atoms with E-state index in [0.29, 0.717) is 12.1 Å². The number of hydrogen-bond acceptors (Lipinski definition) is 2. The lowest BCUT2D eigenvalue weighted by molar-refractivity contribution is -0.137. The molecule has 1 unspecified atom stereocenters. The third-order valence-electron chi connectivity index (χ3n) is 3.17. The first-order valence-electron chi connectivity index (χ1n) is 5.95. The molecule has 1 aliphatic rings. The van der Waals surface area contributed by atoms with E-state index < -0.39 is 34.2 Å². The van der Waals surface area contributed by atoms with Gasteiger partial charge in [0, 0.05) is 6.20 Å². The van der Waals surface area contributed by atoms with Crippen molar-refractivity contribution < 1.29 is 26.2 Å². The van der Waals surface area contributed by atoms with Gasteiger partial charge in [-0.3, -0.25) is 0 Å². The Balaban J connectivity index is 2.09. The quantitative estimate of drug-likeness (QED) is 0.674. The van der Waals surface area contributed by atoms with Crippen molar-refractivity contribution in [3.63, 3.8) is 0 Å². The van der Waals surface area contributed by atoms with Crippen LogP contribution in [0.1, 0.15) is 11.3 Å². The Morgan fingerprint density at radius 3 is 2.26 bits per heavy atom. The van der Waals surface area contributed by atoms with Crippen molar-refractivity contribution in [3.05, 3.63) is 39.6 Å². The molecular weight excluding hydrogens is 386 g/mol. The normalized spacial score (nSPS) is 19.9. The monoisotopic (exact) mass is 390 g/mol. The SMILES string of the molecule is O=S1c2cn(-c3c(Cl)cc(C(F)(F)F)cc3Cl)nc2CC1(F)F. The molecule has 11 heteroatoms. The summed E-state index contributed by atoms with van der Waals surface area (Å²) in [4.78, 5) is -0.193.